The number of anilines is 1. The van der Waals surface area contributed by atoms with Crippen LogP contribution in [0.1, 0.15) is 30.4 Å². The van der Waals surface area contributed by atoms with Crippen molar-refractivity contribution in [3.8, 4) is 0 Å². The standard InChI is InChI=1S/C25H26N2O3S/c28-25(18-20-9-6-8-19-7-2-3-10-23(19)20)27-16-13-21-17-22(11-12-24(21)27)31(29,30)26-14-4-1-5-15-26/h2-3,6-12,17H,1,4-5,13-16,18H2. The fourth-order valence-corrected chi connectivity index (χ4v) is 6.33. The lowest BCUT2D eigenvalue weighted by molar-refractivity contribution is -0.117. The van der Waals surface area contributed by atoms with Crippen molar-refractivity contribution >= 4 is 32.4 Å². The van der Waals surface area contributed by atoms with E-state index in [2.05, 4.69) is 12.1 Å². The number of hydrogen-bond donors (Lipinski definition) is 0. The molecule has 1 saturated heterocycles. The lowest BCUT2D eigenvalue weighted by Gasteiger charge is -2.26. The number of carbonyl (C=O) groups excluding carboxylic acids is 1. The molecule has 2 aliphatic rings. The molecule has 0 radical (unpaired) electrons. The first-order valence-electron chi connectivity index (χ1n) is 10.9. The Morgan fingerprint density at radius 1 is 0.871 bits per heavy atom. The maximum atomic E-state index is 13.1. The van der Waals surface area contributed by atoms with Gasteiger partial charge in [-0.25, -0.2) is 8.42 Å². The van der Waals surface area contributed by atoms with E-state index in [4.69, 9.17) is 0 Å². The van der Waals surface area contributed by atoms with Crippen LogP contribution in [0.4, 0.5) is 5.69 Å². The van der Waals surface area contributed by atoms with Crippen LogP contribution in [0.3, 0.4) is 0 Å². The van der Waals surface area contributed by atoms with Crippen molar-refractivity contribution in [2.75, 3.05) is 24.5 Å². The minimum absolute atomic E-state index is 0.0433. The van der Waals surface area contributed by atoms with Gasteiger partial charge in [-0.05, 0) is 59.4 Å². The summed E-state index contributed by atoms with van der Waals surface area (Å²) in [5.74, 6) is 0.0433. The van der Waals surface area contributed by atoms with Crippen LogP contribution in [-0.2, 0) is 27.7 Å². The molecule has 0 aliphatic carbocycles. The summed E-state index contributed by atoms with van der Waals surface area (Å²) in [7, 11) is -3.46. The molecule has 2 aliphatic heterocycles. The second kappa shape index (κ2) is 8.09. The van der Waals surface area contributed by atoms with E-state index in [9.17, 15) is 13.2 Å². The molecule has 2 heterocycles. The predicted octanol–water partition coefficient (Wildman–Crippen LogP) is 4.15. The van der Waals surface area contributed by atoms with E-state index >= 15 is 0 Å². The molecule has 1 fully saturated rings. The molecule has 0 spiro atoms. The van der Waals surface area contributed by atoms with Gasteiger partial charge in [-0.15, -0.1) is 0 Å². The number of carbonyl (C=O) groups is 1. The summed E-state index contributed by atoms with van der Waals surface area (Å²) in [4.78, 5) is 15.3. The van der Waals surface area contributed by atoms with Crippen LogP contribution in [0.15, 0.2) is 65.6 Å². The maximum absolute atomic E-state index is 13.1. The van der Waals surface area contributed by atoms with E-state index in [1.165, 1.54) is 0 Å². The largest absolute Gasteiger partial charge is 0.312 e. The fraction of sp³-hybridized carbons (Fsp3) is 0.320. The van der Waals surface area contributed by atoms with E-state index in [0.717, 1.165) is 46.8 Å². The molecule has 6 heteroatoms. The van der Waals surface area contributed by atoms with Crippen molar-refractivity contribution in [3.63, 3.8) is 0 Å². The summed E-state index contributed by atoms with van der Waals surface area (Å²) >= 11 is 0. The van der Waals surface area contributed by atoms with Gasteiger partial charge in [-0.3, -0.25) is 4.79 Å². The zero-order chi connectivity index (χ0) is 21.4. The number of amides is 1. The van der Waals surface area contributed by atoms with E-state index in [1.54, 1.807) is 27.4 Å². The first kappa shape index (κ1) is 20.2. The smallest absolute Gasteiger partial charge is 0.243 e. The molecule has 0 unspecified atom stereocenters. The van der Waals surface area contributed by atoms with Crippen LogP contribution < -0.4 is 4.90 Å². The highest BCUT2D eigenvalue weighted by atomic mass is 32.2. The summed E-state index contributed by atoms with van der Waals surface area (Å²) in [5.41, 5.74) is 2.79. The zero-order valence-electron chi connectivity index (χ0n) is 17.5. The SMILES string of the molecule is O=C(Cc1cccc2ccccc12)N1CCc2cc(S(=O)(=O)N3CCCCC3)ccc21. The Labute approximate surface area is 183 Å². The Kier molecular flexibility index (Phi) is 5.28. The van der Waals surface area contributed by atoms with Crippen molar-refractivity contribution in [1.82, 2.24) is 4.31 Å². The van der Waals surface area contributed by atoms with Crippen molar-refractivity contribution < 1.29 is 13.2 Å². The van der Waals surface area contributed by atoms with Gasteiger partial charge in [0.1, 0.15) is 0 Å². The molecule has 0 saturated carbocycles. The van der Waals surface area contributed by atoms with E-state index in [1.807, 2.05) is 30.3 Å². The predicted molar refractivity (Wildman–Crippen MR) is 123 cm³/mol. The number of hydrogen-bond acceptors (Lipinski definition) is 3. The normalized spacial score (nSPS) is 17.1. The van der Waals surface area contributed by atoms with E-state index < -0.39 is 10.0 Å². The van der Waals surface area contributed by atoms with E-state index in [0.29, 0.717) is 37.4 Å². The van der Waals surface area contributed by atoms with Crippen LogP contribution in [-0.4, -0.2) is 38.3 Å². The first-order chi connectivity index (χ1) is 15.0. The van der Waals surface area contributed by atoms with Crippen molar-refractivity contribution in [2.45, 2.75) is 37.0 Å². The van der Waals surface area contributed by atoms with Gasteiger partial charge in [-0.1, -0.05) is 48.9 Å². The third-order valence-electron chi connectivity index (χ3n) is 6.42. The van der Waals surface area contributed by atoms with Crippen molar-refractivity contribution in [1.29, 1.82) is 0 Å². The van der Waals surface area contributed by atoms with Gasteiger partial charge in [0.25, 0.3) is 0 Å². The highest BCUT2D eigenvalue weighted by Crippen LogP contribution is 2.32. The second-order valence-electron chi connectivity index (χ2n) is 8.37. The highest BCUT2D eigenvalue weighted by molar-refractivity contribution is 7.89. The Morgan fingerprint density at radius 2 is 1.65 bits per heavy atom. The van der Waals surface area contributed by atoms with Crippen LogP contribution in [0.2, 0.25) is 0 Å². The molecular formula is C25H26N2O3S. The van der Waals surface area contributed by atoms with Gasteiger partial charge in [-0.2, -0.15) is 4.31 Å². The molecule has 3 aromatic carbocycles. The number of benzene rings is 3. The first-order valence-corrected chi connectivity index (χ1v) is 12.4. The zero-order valence-corrected chi connectivity index (χ0v) is 18.3. The summed E-state index contributed by atoms with van der Waals surface area (Å²) < 4.78 is 27.6. The molecule has 0 aromatic heterocycles. The summed E-state index contributed by atoms with van der Waals surface area (Å²) in [5, 5.41) is 2.22. The number of nitrogens with zero attached hydrogens (tertiary/aromatic N) is 2. The quantitative estimate of drug-likeness (QED) is 0.620. The lowest BCUT2D eigenvalue weighted by atomic mass is 10.0. The summed E-state index contributed by atoms with van der Waals surface area (Å²) in [6.07, 6.45) is 3.93. The highest BCUT2D eigenvalue weighted by Gasteiger charge is 2.30. The van der Waals surface area contributed by atoms with Gasteiger partial charge < -0.3 is 4.90 Å². The summed E-state index contributed by atoms with van der Waals surface area (Å²) in [6, 6.07) is 19.4. The van der Waals surface area contributed by atoms with Crippen LogP contribution in [0.25, 0.3) is 10.8 Å². The maximum Gasteiger partial charge on any atom is 0.243 e. The van der Waals surface area contributed by atoms with Crippen molar-refractivity contribution in [2.24, 2.45) is 0 Å². The lowest BCUT2D eigenvalue weighted by Crippen LogP contribution is -2.35. The number of piperidine rings is 1. The molecule has 3 aromatic rings. The fourth-order valence-electron chi connectivity index (χ4n) is 4.76. The van der Waals surface area contributed by atoms with Crippen LogP contribution >= 0.6 is 0 Å². The van der Waals surface area contributed by atoms with Gasteiger partial charge in [0.2, 0.25) is 15.9 Å². The average molecular weight is 435 g/mol. The molecule has 0 bridgehead atoms. The topological polar surface area (TPSA) is 57.7 Å². The van der Waals surface area contributed by atoms with Gasteiger partial charge >= 0.3 is 0 Å². The minimum Gasteiger partial charge on any atom is -0.312 e. The van der Waals surface area contributed by atoms with Crippen LogP contribution in [0, 0.1) is 0 Å². The third-order valence-corrected chi connectivity index (χ3v) is 8.32. The summed E-state index contributed by atoms with van der Waals surface area (Å²) in [6.45, 7) is 1.77. The van der Waals surface area contributed by atoms with Crippen LogP contribution in [0.5, 0.6) is 0 Å². The molecular weight excluding hydrogens is 408 g/mol. The molecule has 31 heavy (non-hydrogen) atoms. The Hall–Kier alpha value is -2.70. The molecule has 0 N–H and O–H groups in total. The molecule has 0 atom stereocenters. The monoisotopic (exact) mass is 434 g/mol. The Morgan fingerprint density at radius 3 is 2.48 bits per heavy atom. The molecule has 5 nitrogen and oxygen atoms in total. The van der Waals surface area contributed by atoms with E-state index in [-0.39, 0.29) is 5.91 Å². The number of fused-ring (bicyclic) bond motifs is 2. The molecule has 5 rings (SSSR count). The third kappa shape index (κ3) is 3.75. The van der Waals surface area contributed by atoms with Gasteiger partial charge in [0.15, 0.2) is 0 Å². The molecule has 160 valence electrons. The second-order valence-corrected chi connectivity index (χ2v) is 10.3. The van der Waals surface area contributed by atoms with Gasteiger partial charge in [0.05, 0.1) is 11.3 Å². The average Bonchev–Trinajstić information content (AvgIpc) is 3.23. The Bertz CT molecular complexity index is 1240. The minimum atomic E-state index is -3.46. The number of sulfonamides is 1. The van der Waals surface area contributed by atoms with Gasteiger partial charge in [0, 0.05) is 25.3 Å². The molecule has 1 amide bonds. The Balaban J connectivity index is 1.39. The number of rotatable bonds is 4. The van der Waals surface area contributed by atoms with Crippen molar-refractivity contribution in [3.05, 3.63) is 71.8 Å².